The number of piperazine rings is 1. The molecule has 8 nitrogen and oxygen atoms in total. The maximum Gasteiger partial charge on any atom is 0.338 e. The van der Waals surface area contributed by atoms with E-state index >= 15 is 0 Å². The van der Waals surface area contributed by atoms with Crippen molar-refractivity contribution in [3.05, 3.63) is 70.4 Å². The Kier molecular flexibility index (Phi) is 7.05. The molecule has 0 aromatic heterocycles. The third-order valence-electron chi connectivity index (χ3n) is 5.93. The highest BCUT2D eigenvalue weighted by molar-refractivity contribution is 6.30. The molecule has 2 amide bonds. The lowest BCUT2D eigenvalue weighted by Crippen LogP contribution is -2.51. The van der Waals surface area contributed by atoms with E-state index in [1.54, 1.807) is 25.3 Å². The molecule has 2 heterocycles. The van der Waals surface area contributed by atoms with E-state index in [2.05, 4.69) is 32.6 Å². The van der Waals surface area contributed by atoms with Crippen molar-refractivity contribution in [1.29, 1.82) is 0 Å². The second-order valence-corrected chi connectivity index (χ2v) is 8.37. The van der Waals surface area contributed by atoms with Crippen molar-refractivity contribution in [2.24, 2.45) is 0 Å². The van der Waals surface area contributed by atoms with Crippen molar-refractivity contribution in [2.75, 3.05) is 51.8 Å². The molecule has 9 heteroatoms. The van der Waals surface area contributed by atoms with Gasteiger partial charge in [0.15, 0.2) is 0 Å². The number of anilines is 1. The summed E-state index contributed by atoms with van der Waals surface area (Å²) in [6, 6.07) is 14.1. The number of esters is 1. The van der Waals surface area contributed by atoms with Gasteiger partial charge in [0.25, 0.3) is 0 Å². The summed E-state index contributed by atoms with van der Waals surface area (Å²) in [5.41, 5.74) is 2.80. The van der Waals surface area contributed by atoms with E-state index in [9.17, 15) is 9.59 Å². The summed E-state index contributed by atoms with van der Waals surface area (Å²) in [7, 11) is 2.99. The zero-order chi connectivity index (χ0) is 23.4. The molecule has 0 unspecified atom stereocenters. The third-order valence-corrected chi connectivity index (χ3v) is 6.17. The predicted octanol–water partition coefficient (Wildman–Crippen LogP) is 2.95. The lowest BCUT2D eigenvalue weighted by Gasteiger charge is -2.38. The maximum absolute atomic E-state index is 12.7. The van der Waals surface area contributed by atoms with Crippen LogP contribution in [0.1, 0.15) is 11.6 Å². The van der Waals surface area contributed by atoms with Crippen LogP contribution in [0, 0.1) is 0 Å². The zero-order valence-corrected chi connectivity index (χ0v) is 19.4. The van der Waals surface area contributed by atoms with E-state index in [1.165, 1.54) is 7.11 Å². The van der Waals surface area contributed by atoms with Crippen molar-refractivity contribution < 1.29 is 19.1 Å². The van der Waals surface area contributed by atoms with Crippen LogP contribution in [0.15, 0.2) is 59.8 Å². The van der Waals surface area contributed by atoms with Gasteiger partial charge >= 0.3 is 12.0 Å². The Morgan fingerprint density at radius 1 is 1.09 bits per heavy atom. The number of halogens is 1. The maximum atomic E-state index is 12.7. The summed E-state index contributed by atoms with van der Waals surface area (Å²) in [6.07, 6.45) is 0. The second-order valence-electron chi connectivity index (χ2n) is 7.93. The molecule has 2 aromatic rings. The van der Waals surface area contributed by atoms with E-state index in [1.807, 2.05) is 18.2 Å². The highest BCUT2D eigenvalue weighted by Gasteiger charge is 2.34. The van der Waals surface area contributed by atoms with Gasteiger partial charge in [-0.15, -0.1) is 0 Å². The van der Waals surface area contributed by atoms with Gasteiger partial charge in [0.2, 0.25) is 0 Å². The van der Waals surface area contributed by atoms with Crippen molar-refractivity contribution >= 4 is 29.3 Å². The van der Waals surface area contributed by atoms with Gasteiger partial charge in [-0.3, -0.25) is 4.90 Å². The summed E-state index contributed by atoms with van der Waals surface area (Å²) in [5.74, 6) is 0.343. The van der Waals surface area contributed by atoms with E-state index in [-0.39, 0.29) is 6.03 Å². The lowest BCUT2D eigenvalue weighted by atomic mass is 9.95. The average molecular weight is 471 g/mol. The fraction of sp³-hybridized carbons (Fsp3) is 0.333. The third kappa shape index (κ3) is 5.23. The molecule has 0 aliphatic carbocycles. The molecule has 1 atom stereocenters. The Balaban J connectivity index is 1.52. The molecule has 0 spiro atoms. The van der Waals surface area contributed by atoms with Gasteiger partial charge in [-0.05, 0) is 42.0 Å². The number of nitrogens with zero attached hydrogens (tertiary/aromatic N) is 2. The summed E-state index contributed by atoms with van der Waals surface area (Å²) >= 11 is 6.15. The minimum Gasteiger partial charge on any atom is -0.497 e. The van der Waals surface area contributed by atoms with Crippen LogP contribution in [0.2, 0.25) is 5.02 Å². The van der Waals surface area contributed by atoms with Gasteiger partial charge in [0.05, 0.1) is 25.8 Å². The van der Waals surface area contributed by atoms with Crippen LogP contribution in [-0.2, 0) is 9.53 Å². The summed E-state index contributed by atoms with van der Waals surface area (Å²) in [5, 5.41) is 6.18. The van der Waals surface area contributed by atoms with Crippen molar-refractivity contribution in [3.8, 4) is 5.75 Å². The van der Waals surface area contributed by atoms with Gasteiger partial charge in [0.1, 0.15) is 5.75 Å². The number of benzene rings is 2. The molecule has 4 rings (SSSR count). The minimum absolute atomic E-state index is 0.362. The predicted molar refractivity (Wildman–Crippen MR) is 127 cm³/mol. The molecule has 174 valence electrons. The van der Waals surface area contributed by atoms with E-state index < -0.39 is 12.0 Å². The molecule has 2 aromatic carbocycles. The number of hydrogen-bond acceptors (Lipinski definition) is 6. The Morgan fingerprint density at radius 2 is 1.82 bits per heavy atom. The normalized spacial score (nSPS) is 19.1. The van der Waals surface area contributed by atoms with Crippen molar-refractivity contribution in [1.82, 2.24) is 15.5 Å². The Labute approximate surface area is 198 Å². The fourth-order valence-corrected chi connectivity index (χ4v) is 4.41. The van der Waals surface area contributed by atoms with Gasteiger partial charge in [-0.2, -0.15) is 0 Å². The fourth-order valence-electron chi connectivity index (χ4n) is 4.21. The molecule has 2 aliphatic rings. The minimum atomic E-state index is -0.638. The first kappa shape index (κ1) is 22.9. The second kappa shape index (κ2) is 10.1. The number of rotatable bonds is 6. The highest BCUT2D eigenvalue weighted by atomic mass is 35.5. The summed E-state index contributed by atoms with van der Waals surface area (Å²) in [6.45, 7) is 3.67. The number of carbonyl (C=O) groups excluding carboxylic acids is 2. The monoisotopic (exact) mass is 470 g/mol. The SMILES string of the molecule is COC(=O)C1=C(CN2CCN(c3ccc(OC)cc3)CC2)NC(=O)N[C@H]1c1cccc(Cl)c1. The zero-order valence-electron chi connectivity index (χ0n) is 18.6. The van der Waals surface area contributed by atoms with Crippen molar-refractivity contribution in [3.63, 3.8) is 0 Å². The average Bonchev–Trinajstić information content (AvgIpc) is 2.84. The molecule has 0 bridgehead atoms. The van der Waals surface area contributed by atoms with Crippen LogP contribution in [0.5, 0.6) is 5.75 Å². The number of nitrogens with one attached hydrogen (secondary N) is 2. The Bertz CT molecular complexity index is 1050. The van der Waals surface area contributed by atoms with Gasteiger partial charge in [-0.25, -0.2) is 9.59 Å². The first-order chi connectivity index (χ1) is 16.0. The standard InChI is InChI=1S/C24H27ClN4O4/c1-32-19-8-6-18(7-9-19)29-12-10-28(11-13-29)15-20-21(23(30)33-2)22(27-24(31)26-20)16-4-3-5-17(25)14-16/h3-9,14,22H,10-13,15H2,1-2H3,(H2,26,27,31)/t22-/m0/s1. The molecule has 2 aliphatic heterocycles. The van der Waals surface area contributed by atoms with Crippen LogP contribution in [-0.4, -0.2) is 63.8 Å². The molecule has 1 saturated heterocycles. The van der Waals surface area contributed by atoms with E-state index in [0.29, 0.717) is 22.8 Å². The quantitative estimate of drug-likeness (QED) is 0.632. The number of amides is 2. The van der Waals surface area contributed by atoms with Crippen LogP contribution in [0.3, 0.4) is 0 Å². The molecular weight excluding hydrogens is 444 g/mol. The van der Waals surface area contributed by atoms with Crippen LogP contribution >= 0.6 is 11.6 Å². The van der Waals surface area contributed by atoms with E-state index in [0.717, 1.165) is 43.2 Å². The summed E-state index contributed by atoms with van der Waals surface area (Å²) < 4.78 is 10.3. The van der Waals surface area contributed by atoms with Crippen LogP contribution < -0.4 is 20.3 Å². The highest BCUT2D eigenvalue weighted by Crippen LogP contribution is 2.30. The number of methoxy groups -OCH3 is 2. The number of hydrogen-bond donors (Lipinski definition) is 2. The smallest absolute Gasteiger partial charge is 0.338 e. The van der Waals surface area contributed by atoms with Gasteiger partial charge in [-0.1, -0.05) is 23.7 Å². The first-order valence-electron chi connectivity index (χ1n) is 10.7. The van der Waals surface area contributed by atoms with Crippen molar-refractivity contribution in [2.45, 2.75) is 6.04 Å². The number of carbonyl (C=O) groups is 2. The molecule has 0 radical (unpaired) electrons. The Morgan fingerprint density at radius 3 is 2.45 bits per heavy atom. The van der Waals surface area contributed by atoms with Gasteiger partial charge < -0.3 is 25.0 Å². The lowest BCUT2D eigenvalue weighted by molar-refractivity contribution is -0.136. The first-order valence-corrected chi connectivity index (χ1v) is 11.1. The molecular formula is C24H27ClN4O4. The molecule has 2 N–H and O–H groups in total. The van der Waals surface area contributed by atoms with Gasteiger partial charge in [0, 0.05) is 49.1 Å². The Hall–Kier alpha value is -3.23. The largest absolute Gasteiger partial charge is 0.497 e. The van der Waals surface area contributed by atoms with E-state index in [4.69, 9.17) is 21.1 Å². The number of ether oxygens (including phenoxy) is 2. The molecule has 33 heavy (non-hydrogen) atoms. The van der Waals surface area contributed by atoms with Crippen LogP contribution in [0.25, 0.3) is 0 Å². The van der Waals surface area contributed by atoms with Crippen LogP contribution in [0.4, 0.5) is 10.5 Å². The molecule has 1 fully saturated rings. The number of urea groups is 1. The topological polar surface area (TPSA) is 83.1 Å². The molecule has 0 saturated carbocycles. The summed E-state index contributed by atoms with van der Waals surface area (Å²) in [4.78, 5) is 29.7.